The lowest BCUT2D eigenvalue weighted by atomic mass is 10.3. The van der Waals surface area contributed by atoms with Gasteiger partial charge in [-0.2, -0.15) is 0 Å². The third kappa shape index (κ3) is 5.42. The number of carbonyl (C=O) groups excluding carboxylic acids is 2. The van der Waals surface area contributed by atoms with Crippen molar-refractivity contribution in [2.75, 3.05) is 31.9 Å². The lowest BCUT2D eigenvalue weighted by Crippen LogP contribution is -2.43. The Morgan fingerprint density at radius 2 is 2.09 bits per heavy atom. The van der Waals surface area contributed by atoms with Crippen molar-refractivity contribution in [2.24, 2.45) is 0 Å². The van der Waals surface area contributed by atoms with Gasteiger partial charge >= 0.3 is 0 Å². The first-order valence-electron chi connectivity index (χ1n) is 7.52. The molecule has 0 spiro atoms. The Morgan fingerprint density at radius 1 is 1.41 bits per heavy atom. The van der Waals surface area contributed by atoms with Gasteiger partial charge in [-0.25, -0.2) is 13.1 Å². The molecule has 0 aromatic carbocycles. The van der Waals surface area contributed by atoms with Gasteiger partial charge in [0.2, 0.25) is 21.8 Å². The Labute approximate surface area is 132 Å². The van der Waals surface area contributed by atoms with Crippen molar-refractivity contribution in [3.63, 3.8) is 0 Å². The maximum absolute atomic E-state index is 12.2. The van der Waals surface area contributed by atoms with E-state index in [0.717, 1.165) is 0 Å². The second kappa shape index (κ2) is 8.28. The minimum Gasteiger partial charge on any atom is -0.339 e. The first-order chi connectivity index (χ1) is 10.3. The average molecular weight is 331 g/mol. The summed E-state index contributed by atoms with van der Waals surface area (Å²) in [6.45, 7) is 8.28. The molecule has 1 rings (SSSR count). The van der Waals surface area contributed by atoms with E-state index in [0.29, 0.717) is 32.5 Å². The molecule has 1 aliphatic heterocycles. The maximum atomic E-state index is 12.2. The quantitative estimate of drug-likeness (QED) is 0.632. The van der Waals surface area contributed by atoms with Crippen molar-refractivity contribution >= 4 is 21.8 Å². The summed E-state index contributed by atoms with van der Waals surface area (Å²) in [6.07, 6.45) is 2.33. The number of likely N-dealkylation sites (tertiary alicyclic amines) is 1. The summed E-state index contributed by atoms with van der Waals surface area (Å²) < 4.78 is 26.1. The van der Waals surface area contributed by atoms with Crippen LogP contribution in [0.1, 0.15) is 26.7 Å². The Hall–Kier alpha value is -1.41. The fourth-order valence-corrected chi connectivity index (χ4v) is 3.76. The van der Waals surface area contributed by atoms with Gasteiger partial charge in [0, 0.05) is 25.7 Å². The van der Waals surface area contributed by atoms with Crippen LogP contribution in [0.4, 0.5) is 0 Å². The van der Waals surface area contributed by atoms with Crippen LogP contribution in [-0.4, -0.2) is 68.0 Å². The summed E-state index contributed by atoms with van der Waals surface area (Å²) >= 11 is 0. The molecule has 8 heteroatoms. The van der Waals surface area contributed by atoms with Crippen molar-refractivity contribution in [2.45, 2.75) is 32.7 Å². The van der Waals surface area contributed by atoms with Crippen LogP contribution in [0.3, 0.4) is 0 Å². The molecule has 2 amide bonds. The smallest absolute Gasteiger partial charge is 0.246 e. The van der Waals surface area contributed by atoms with E-state index < -0.39 is 10.0 Å². The number of nitrogens with one attached hydrogen (secondary N) is 1. The van der Waals surface area contributed by atoms with Crippen molar-refractivity contribution in [1.82, 2.24) is 14.5 Å². The van der Waals surface area contributed by atoms with E-state index >= 15 is 0 Å². The summed E-state index contributed by atoms with van der Waals surface area (Å²) in [5.74, 6) is -0.362. The molecular formula is C14H25N3O4S. The molecule has 0 aromatic rings. The van der Waals surface area contributed by atoms with Gasteiger partial charge < -0.3 is 9.80 Å². The van der Waals surface area contributed by atoms with Gasteiger partial charge in [-0.05, 0) is 25.8 Å². The van der Waals surface area contributed by atoms with Crippen molar-refractivity contribution in [3.8, 4) is 0 Å². The van der Waals surface area contributed by atoms with E-state index in [2.05, 4.69) is 11.3 Å². The van der Waals surface area contributed by atoms with Gasteiger partial charge in [-0.3, -0.25) is 9.59 Å². The Kier molecular flexibility index (Phi) is 7.02. The number of amides is 2. The van der Waals surface area contributed by atoms with E-state index in [4.69, 9.17) is 0 Å². The molecule has 0 aromatic heterocycles. The van der Waals surface area contributed by atoms with Gasteiger partial charge in [0.15, 0.2) is 0 Å². The molecule has 1 aliphatic rings. The SMILES string of the molecule is C=CC(=O)N(CC)CC(=O)N1CCC(NS(=O)(=O)CCC)C1. The number of carbonyl (C=O) groups is 2. The standard InChI is InChI=1S/C14H25N3O4S/c1-4-9-22(20,21)15-12-7-8-17(10-12)14(19)11-16(6-3)13(18)5-2/h5,12,15H,2,4,6-11H2,1,3H3. The lowest BCUT2D eigenvalue weighted by Gasteiger charge is -2.23. The van der Waals surface area contributed by atoms with E-state index in [1.165, 1.54) is 11.0 Å². The minimum atomic E-state index is -3.28. The van der Waals surface area contributed by atoms with Crippen LogP contribution in [0.25, 0.3) is 0 Å². The molecule has 0 radical (unpaired) electrons. The van der Waals surface area contributed by atoms with Gasteiger partial charge in [0.1, 0.15) is 0 Å². The third-order valence-corrected chi connectivity index (χ3v) is 5.19. The Morgan fingerprint density at radius 3 is 2.64 bits per heavy atom. The van der Waals surface area contributed by atoms with Gasteiger partial charge in [0.25, 0.3) is 0 Å². The molecule has 22 heavy (non-hydrogen) atoms. The zero-order chi connectivity index (χ0) is 16.8. The third-order valence-electron chi connectivity index (χ3n) is 3.55. The van der Waals surface area contributed by atoms with Crippen molar-refractivity contribution in [1.29, 1.82) is 0 Å². The largest absolute Gasteiger partial charge is 0.339 e. The highest BCUT2D eigenvalue weighted by molar-refractivity contribution is 7.89. The van der Waals surface area contributed by atoms with Gasteiger partial charge in [0.05, 0.1) is 12.3 Å². The summed E-state index contributed by atoms with van der Waals surface area (Å²) in [7, 11) is -3.28. The molecule has 0 bridgehead atoms. The number of sulfonamides is 1. The first kappa shape index (κ1) is 18.6. The Bertz CT molecular complexity index is 518. The normalized spacial score (nSPS) is 18.3. The predicted molar refractivity (Wildman–Crippen MR) is 84.6 cm³/mol. The highest BCUT2D eigenvalue weighted by atomic mass is 32.2. The van der Waals surface area contributed by atoms with Crippen LogP contribution in [-0.2, 0) is 19.6 Å². The molecule has 1 unspecified atom stereocenters. The molecule has 0 aliphatic carbocycles. The van der Waals surface area contributed by atoms with Gasteiger partial charge in [-0.15, -0.1) is 0 Å². The van der Waals surface area contributed by atoms with Crippen molar-refractivity contribution < 1.29 is 18.0 Å². The van der Waals surface area contributed by atoms with Crippen LogP contribution < -0.4 is 4.72 Å². The fourth-order valence-electron chi connectivity index (χ4n) is 2.40. The zero-order valence-electron chi connectivity index (χ0n) is 13.2. The second-order valence-electron chi connectivity index (χ2n) is 5.32. The second-order valence-corrected chi connectivity index (χ2v) is 7.19. The number of hydrogen-bond acceptors (Lipinski definition) is 4. The molecule has 1 atom stereocenters. The topological polar surface area (TPSA) is 86.8 Å². The molecule has 7 nitrogen and oxygen atoms in total. The van der Waals surface area contributed by atoms with Crippen LogP contribution >= 0.6 is 0 Å². The number of rotatable bonds is 8. The van der Waals surface area contributed by atoms with Crippen LogP contribution in [0.5, 0.6) is 0 Å². The predicted octanol–water partition coefficient (Wildman–Crippen LogP) is -0.0488. The maximum Gasteiger partial charge on any atom is 0.246 e. The van der Waals surface area contributed by atoms with Gasteiger partial charge in [-0.1, -0.05) is 13.5 Å². The van der Waals surface area contributed by atoms with Crippen LogP contribution in [0.2, 0.25) is 0 Å². The fraction of sp³-hybridized carbons (Fsp3) is 0.714. The number of likely N-dealkylation sites (N-methyl/N-ethyl adjacent to an activating group) is 1. The Balaban J connectivity index is 2.53. The molecular weight excluding hydrogens is 306 g/mol. The molecule has 1 saturated heterocycles. The van der Waals surface area contributed by atoms with E-state index in [1.807, 2.05) is 0 Å². The first-order valence-corrected chi connectivity index (χ1v) is 9.17. The zero-order valence-corrected chi connectivity index (χ0v) is 14.1. The molecule has 126 valence electrons. The van der Waals surface area contributed by atoms with Crippen LogP contribution in [0.15, 0.2) is 12.7 Å². The molecule has 0 saturated carbocycles. The minimum absolute atomic E-state index is 0.00418. The summed E-state index contributed by atoms with van der Waals surface area (Å²) in [5, 5.41) is 0. The average Bonchev–Trinajstić information content (AvgIpc) is 2.91. The van der Waals surface area contributed by atoms with Crippen molar-refractivity contribution in [3.05, 3.63) is 12.7 Å². The molecule has 1 N–H and O–H groups in total. The van der Waals surface area contributed by atoms with E-state index in [9.17, 15) is 18.0 Å². The monoisotopic (exact) mass is 331 g/mol. The number of hydrogen-bond donors (Lipinski definition) is 1. The summed E-state index contributed by atoms with van der Waals surface area (Å²) in [6, 6.07) is -0.245. The molecule has 1 heterocycles. The summed E-state index contributed by atoms with van der Waals surface area (Å²) in [4.78, 5) is 26.8. The highest BCUT2D eigenvalue weighted by Gasteiger charge is 2.29. The highest BCUT2D eigenvalue weighted by Crippen LogP contribution is 2.11. The summed E-state index contributed by atoms with van der Waals surface area (Å²) in [5.41, 5.74) is 0. The van der Waals surface area contributed by atoms with E-state index in [-0.39, 0.29) is 30.2 Å². The lowest BCUT2D eigenvalue weighted by molar-refractivity contribution is -0.137. The number of nitrogens with zero attached hydrogens (tertiary/aromatic N) is 2. The van der Waals surface area contributed by atoms with E-state index in [1.54, 1.807) is 18.7 Å². The molecule has 1 fully saturated rings. The van der Waals surface area contributed by atoms with Crippen LogP contribution in [0, 0.1) is 0 Å².